The molecule has 1 atom stereocenters. The Balaban J connectivity index is 2.20. The van der Waals surface area contributed by atoms with Gasteiger partial charge in [0, 0.05) is 0 Å². The average Bonchev–Trinajstić information content (AvgIpc) is 2.59. The van der Waals surface area contributed by atoms with Gasteiger partial charge >= 0.3 is 0 Å². The van der Waals surface area contributed by atoms with Crippen LogP contribution in [0.5, 0.6) is 11.5 Å². The maximum atomic E-state index is 12.7. The van der Waals surface area contributed by atoms with Crippen molar-refractivity contribution in [2.75, 3.05) is 12.4 Å². The van der Waals surface area contributed by atoms with Crippen LogP contribution in [0.1, 0.15) is 39.7 Å². The molecule has 0 aliphatic rings. The van der Waals surface area contributed by atoms with Crippen molar-refractivity contribution in [2.24, 2.45) is 0 Å². The molecular weight excluding hydrogens is 314 g/mol. The van der Waals surface area contributed by atoms with E-state index in [2.05, 4.69) is 26.1 Å². The zero-order chi connectivity index (χ0) is 18.4. The van der Waals surface area contributed by atoms with Gasteiger partial charge in [-0.25, -0.2) is 0 Å². The van der Waals surface area contributed by atoms with Crippen LogP contribution in [-0.2, 0) is 10.2 Å². The lowest BCUT2D eigenvalue weighted by molar-refractivity contribution is -0.122. The van der Waals surface area contributed by atoms with E-state index in [9.17, 15) is 4.79 Å². The SMILES string of the molecule is CC[C@H](Oc1ccccc1)C(=O)Nc1cc(C(C)(C)C)ccc1OC. The number of hydrogen-bond acceptors (Lipinski definition) is 3. The first-order valence-electron chi connectivity index (χ1n) is 8.56. The average molecular weight is 341 g/mol. The molecular formula is C21H27NO3. The first-order valence-corrected chi connectivity index (χ1v) is 8.56. The Labute approximate surface area is 150 Å². The van der Waals surface area contributed by atoms with Gasteiger partial charge in [0.2, 0.25) is 0 Å². The molecule has 0 saturated heterocycles. The maximum absolute atomic E-state index is 12.7. The number of para-hydroxylation sites is 1. The van der Waals surface area contributed by atoms with Gasteiger partial charge in [0.1, 0.15) is 11.5 Å². The predicted octanol–water partition coefficient (Wildman–Crippen LogP) is 4.79. The second-order valence-corrected chi connectivity index (χ2v) is 6.98. The second-order valence-electron chi connectivity index (χ2n) is 6.98. The van der Waals surface area contributed by atoms with E-state index < -0.39 is 6.10 Å². The van der Waals surface area contributed by atoms with E-state index in [-0.39, 0.29) is 11.3 Å². The molecule has 4 heteroatoms. The Morgan fingerprint density at radius 1 is 1.12 bits per heavy atom. The molecule has 1 N–H and O–H groups in total. The van der Waals surface area contributed by atoms with Crippen molar-refractivity contribution in [3.63, 3.8) is 0 Å². The van der Waals surface area contributed by atoms with Crippen LogP contribution in [0.2, 0.25) is 0 Å². The standard InChI is InChI=1S/C21H27NO3/c1-6-18(25-16-10-8-7-9-11-16)20(23)22-17-14-15(21(2,3)4)12-13-19(17)24-5/h7-14,18H,6H2,1-5H3,(H,22,23)/t18-/m0/s1. The van der Waals surface area contributed by atoms with E-state index in [1.54, 1.807) is 7.11 Å². The molecule has 2 rings (SSSR count). The minimum atomic E-state index is -0.564. The van der Waals surface area contributed by atoms with Gasteiger partial charge < -0.3 is 14.8 Å². The lowest BCUT2D eigenvalue weighted by Crippen LogP contribution is -2.32. The largest absolute Gasteiger partial charge is 0.495 e. The minimum absolute atomic E-state index is 0.0174. The Hall–Kier alpha value is -2.49. The first kappa shape index (κ1) is 18.8. The lowest BCUT2D eigenvalue weighted by atomic mass is 9.87. The van der Waals surface area contributed by atoms with E-state index >= 15 is 0 Å². The molecule has 0 saturated carbocycles. The second kappa shape index (κ2) is 8.06. The summed E-state index contributed by atoms with van der Waals surface area (Å²) in [6, 6.07) is 15.2. The van der Waals surface area contributed by atoms with Crippen LogP contribution in [0.25, 0.3) is 0 Å². The van der Waals surface area contributed by atoms with Crippen LogP contribution >= 0.6 is 0 Å². The van der Waals surface area contributed by atoms with Crippen molar-refractivity contribution in [1.29, 1.82) is 0 Å². The highest BCUT2D eigenvalue weighted by Crippen LogP contribution is 2.31. The van der Waals surface area contributed by atoms with Crippen molar-refractivity contribution >= 4 is 11.6 Å². The fourth-order valence-electron chi connectivity index (χ4n) is 2.47. The van der Waals surface area contributed by atoms with Crippen molar-refractivity contribution in [3.05, 3.63) is 54.1 Å². The predicted molar refractivity (Wildman–Crippen MR) is 101 cm³/mol. The number of amides is 1. The molecule has 2 aromatic rings. The summed E-state index contributed by atoms with van der Waals surface area (Å²) in [6.07, 6.45) is 0.00699. The summed E-state index contributed by atoms with van der Waals surface area (Å²) in [7, 11) is 1.60. The molecule has 0 aliphatic heterocycles. The van der Waals surface area contributed by atoms with Crippen molar-refractivity contribution in [2.45, 2.75) is 45.6 Å². The highest BCUT2D eigenvalue weighted by Gasteiger charge is 2.21. The van der Waals surface area contributed by atoms with Crippen LogP contribution in [0.4, 0.5) is 5.69 Å². The molecule has 0 aliphatic carbocycles. The van der Waals surface area contributed by atoms with Gasteiger partial charge in [0.05, 0.1) is 12.8 Å². The summed E-state index contributed by atoms with van der Waals surface area (Å²) < 4.78 is 11.2. The summed E-state index contributed by atoms with van der Waals surface area (Å²) >= 11 is 0. The van der Waals surface area contributed by atoms with E-state index in [1.165, 1.54) is 0 Å². The number of carbonyl (C=O) groups excluding carboxylic acids is 1. The third-order valence-electron chi connectivity index (χ3n) is 4.01. The topological polar surface area (TPSA) is 47.6 Å². The van der Waals surface area contributed by atoms with Crippen LogP contribution in [-0.4, -0.2) is 19.1 Å². The molecule has 0 radical (unpaired) electrons. The van der Waals surface area contributed by atoms with E-state index in [1.807, 2.05) is 55.5 Å². The molecule has 1 amide bonds. The summed E-state index contributed by atoms with van der Waals surface area (Å²) in [5.74, 6) is 1.13. The number of benzene rings is 2. The van der Waals surface area contributed by atoms with Gasteiger partial charge in [-0.3, -0.25) is 4.79 Å². The lowest BCUT2D eigenvalue weighted by Gasteiger charge is -2.22. The van der Waals surface area contributed by atoms with E-state index in [0.29, 0.717) is 23.6 Å². The third kappa shape index (κ3) is 4.99. The molecule has 0 fully saturated rings. The van der Waals surface area contributed by atoms with Crippen molar-refractivity contribution in [1.82, 2.24) is 0 Å². The summed E-state index contributed by atoms with van der Waals surface area (Å²) in [6.45, 7) is 8.32. The number of anilines is 1. The quantitative estimate of drug-likeness (QED) is 0.822. The van der Waals surface area contributed by atoms with Crippen molar-refractivity contribution < 1.29 is 14.3 Å². The Kier molecular flexibility index (Phi) is 6.07. The Morgan fingerprint density at radius 2 is 1.80 bits per heavy atom. The Morgan fingerprint density at radius 3 is 2.36 bits per heavy atom. The zero-order valence-corrected chi connectivity index (χ0v) is 15.6. The van der Waals surface area contributed by atoms with Gasteiger partial charge in [0.15, 0.2) is 6.10 Å². The van der Waals surface area contributed by atoms with E-state index in [0.717, 1.165) is 5.56 Å². The highest BCUT2D eigenvalue weighted by molar-refractivity contribution is 5.95. The molecule has 25 heavy (non-hydrogen) atoms. The van der Waals surface area contributed by atoms with Crippen LogP contribution in [0, 0.1) is 0 Å². The van der Waals surface area contributed by atoms with Crippen LogP contribution in [0.15, 0.2) is 48.5 Å². The summed E-state index contributed by atoms with van der Waals surface area (Å²) in [5.41, 5.74) is 1.77. The fraction of sp³-hybridized carbons (Fsp3) is 0.381. The maximum Gasteiger partial charge on any atom is 0.265 e. The summed E-state index contributed by atoms with van der Waals surface area (Å²) in [4.78, 5) is 12.7. The smallest absolute Gasteiger partial charge is 0.265 e. The van der Waals surface area contributed by atoms with Crippen molar-refractivity contribution in [3.8, 4) is 11.5 Å². The van der Waals surface area contributed by atoms with Gasteiger partial charge in [-0.15, -0.1) is 0 Å². The van der Waals surface area contributed by atoms with Gasteiger partial charge in [-0.05, 0) is 41.7 Å². The summed E-state index contributed by atoms with van der Waals surface area (Å²) in [5, 5.41) is 2.96. The molecule has 134 valence electrons. The molecule has 0 unspecified atom stereocenters. The number of nitrogens with one attached hydrogen (secondary N) is 1. The van der Waals surface area contributed by atoms with Crippen LogP contribution < -0.4 is 14.8 Å². The molecule has 4 nitrogen and oxygen atoms in total. The van der Waals surface area contributed by atoms with Gasteiger partial charge in [0.25, 0.3) is 5.91 Å². The number of rotatable bonds is 6. The van der Waals surface area contributed by atoms with E-state index in [4.69, 9.17) is 9.47 Å². The number of carbonyl (C=O) groups is 1. The number of methoxy groups -OCH3 is 1. The van der Waals surface area contributed by atoms with Gasteiger partial charge in [-0.1, -0.05) is 52.0 Å². The molecule has 0 aromatic heterocycles. The third-order valence-corrected chi connectivity index (χ3v) is 4.01. The molecule has 2 aromatic carbocycles. The minimum Gasteiger partial charge on any atom is -0.495 e. The molecule has 0 spiro atoms. The fourth-order valence-corrected chi connectivity index (χ4v) is 2.47. The molecule has 0 bridgehead atoms. The monoisotopic (exact) mass is 341 g/mol. The Bertz CT molecular complexity index is 705. The normalized spacial score (nSPS) is 12.4. The molecule has 0 heterocycles. The highest BCUT2D eigenvalue weighted by atomic mass is 16.5. The number of hydrogen-bond donors (Lipinski definition) is 1. The first-order chi connectivity index (χ1) is 11.8. The van der Waals surface area contributed by atoms with Gasteiger partial charge in [-0.2, -0.15) is 0 Å². The van der Waals surface area contributed by atoms with Crippen LogP contribution in [0.3, 0.4) is 0 Å². The zero-order valence-electron chi connectivity index (χ0n) is 15.6. The number of ether oxygens (including phenoxy) is 2.